The lowest BCUT2D eigenvalue weighted by Gasteiger charge is -2.24. The van der Waals surface area contributed by atoms with Gasteiger partial charge in [0.15, 0.2) is 0 Å². The van der Waals surface area contributed by atoms with Gasteiger partial charge in [0.1, 0.15) is 5.82 Å². The molecule has 1 atom stereocenters. The van der Waals surface area contributed by atoms with Crippen LogP contribution in [0.15, 0.2) is 54.6 Å². The van der Waals surface area contributed by atoms with E-state index in [-0.39, 0.29) is 29.8 Å². The molecular formula is C21H23FN2O2. The predicted octanol–water partition coefficient (Wildman–Crippen LogP) is 3.98. The third kappa shape index (κ3) is 4.69. The lowest BCUT2D eigenvalue weighted by atomic mass is 9.98. The number of anilines is 1. The van der Waals surface area contributed by atoms with Crippen LogP contribution in [0.5, 0.6) is 0 Å². The molecule has 1 heterocycles. The number of carbonyl (C=O) groups is 2. The fourth-order valence-electron chi connectivity index (χ4n) is 3.32. The molecule has 4 nitrogen and oxygen atoms in total. The summed E-state index contributed by atoms with van der Waals surface area (Å²) in [7, 11) is 0. The zero-order chi connectivity index (χ0) is 18.4. The first-order valence-corrected chi connectivity index (χ1v) is 9.00. The Bertz CT molecular complexity index is 764. The van der Waals surface area contributed by atoms with Gasteiger partial charge in [-0.25, -0.2) is 4.39 Å². The van der Waals surface area contributed by atoms with Crippen molar-refractivity contribution in [1.82, 2.24) is 4.90 Å². The molecule has 1 fully saturated rings. The van der Waals surface area contributed by atoms with Crippen LogP contribution in [0.4, 0.5) is 10.1 Å². The van der Waals surface area contributed by atoms with E-state index in [1.807, 2.05) is 35.2 Å². The van der Waals surface area contributed by atoms with Crippen LogP contribution in [0.1, 0.15) is 31.2 Å². The van der Waals surface area contributed by atoms with Gasteiger partial charge < -0.3 is 10.2 Å². The molecule has 5 heteroatoms. The molecule has 0 bridgehead atoms. The van der Waals surface area contributed by atoms with E-state index in [1.165, 1.54) is 12.1 Å². The van der Waals surface area contributed by atoms with E-state index in [0.717, 1.165) is 18.4 Å². The van der Waals surface area contributed by atoms with Gasteiger partial charge >= 0.3 is 0 Å². The molecule has 1 unspecified atom stereocenters. The molecule has 1 saturated heterocycles. The minimum atomic E-state index is -0.473. The second-order valence-corrected chi connectivity index (χ2v) is 6.67. The molecule has 3 rings (SSSR count). The van der Waals surface area contributed by atoms with E-state index in [1.54, 1.807) is 12.1 Å². The van der Waals surface area contributed by atoms with Crippen LogP contribution < -0.4 is 5.32 Å². The SMILES string of the molecule is O=C(CC1CCCCN(Cc2ccccc2)C1=O)Nc1ccccc1F. The number of nitrogens with zero attached hydrogens (tertiary/aromatic N) is 1. The summed E-state index contributed by atoms with van der Waals surface area (Å²) in [6.07, 6.45) is 2.62. The van der Waals surface area contributed by atoms with Crippen LogP contribution in [0, 0.1) is 11.7 Å². The summed E-state index contributed by atoms with van der Waals surface area (Å²) < 4.78 is 13.7. The molecule has 0 aliphatic carbocycles. The summed E-state index contributed by atoms with van der Waals surface area (Å²) in [5.74, 6) is -1.14. The van der Waals surface area contributed by atoms with Gasteiger partial charge in [-0.1, -0.05) is 48.9 Å². The van der Waals surface area contributed by atoms with Gasteiger partial charge in [0, 0.05) is 25.4 Å². The Balaban J connectivity index is 1.63. The van der Waals surface area contributed by atoms with Crippen LogP contribution >= 0.6 is 0 Å². The highest BCUT2D eigenvalue weighted by molar-refractivity contribution is 5.94. The summed E-state index contributed by atoms with van der Waals surface area (Å²) in [4.78, 5) is 27.0. The van der Waals surface area contributed by atoms with Crippen molar-refractivity contribution in [3.63, 3.8) is 0 Å². The van der Waals surface area contributed by atoms with Crippen molar-refractivity contribution >= 4 is 17.5 Å². The highest BCUT2D eigenvalue weighted by atomic mass is 19.1. The molecule has 1 aliphatic heterocycles. The Labute approximate surface area is 153 Å². The Hall–Kier alpha value is -2.69. The molecule has 0 saturated carbocycles. The summed E-state index contributed by atoms with van der Waals surface area (Å²) >= 11 is 0. The topological polar surface area (TPSA) is 49.4 Å². The Kier molecular flexibility index (Phi) is 6.00. The molecule has 2 aromatic rings. The monoisotopic (exact) mass is 354 g/mol. The molecule has 26 heavy (non-hydrogen) atoms. The van der Waals surface area contributed by atoms with Crippen molar-refractivity contribution < 1.29 is 14.0 Å². The van der Waals surface area contributed by atoms with E-state index in [9.17, 15) is 14.0 Å². The van der Waals surface area contributed by atoms with Gasteiger partial charge in [-0.2, -0.15) is 0 Å². The minimum absolute atomic E-state index is 0.00929. The number of hydrogen-bond acceptors (Lipinski definition) is 2. The average molecular weight is 354 g/mol. The quantitative estimate of drug-likeness (QED) is 0.883. The summed E-state index contributed by atoms with van der Waals surface area (Å²) in [6.45, 7) is 1.27. The van der Waals surface area contributed by atoms with Gasteiger partial charge in [0.05, 0.1) is 5.69 Å². The number of benzene rings is 2. The summed E-state index contributed by atoms with van der Waals surface area (Å²) in [5, 5.41) is 2.58. The van der Waals surface area contributed by atoms with E-state index in [2.05, 4.69) is 5.32 Å². The largest absolute Gasteiger partial charge is 0.338 e. The van der Waals surface area contributed by atoms with Crippen LogP contribution in [-0.2, 0) is 16.1 Å². The maximum Gasteiger partial charge on any atom is 0.226 e. The second-order valence-electron chi connectivity index (χ2n) is 6.67. The molecule has 0 aromatic heterocycles. The van der Waals surface area contributed by atoms with Crippen LogP contribution in [0.25, 0.3) is 0 Å². The van der Waals surface area contributed by atoms with Crippen molar-refractivity contribution in [2.24, 2.45) is 5.92 Å². The number of carbonyl (C=O) groups excluding carboxylic acids is 2. The predicted molar refractivity (Wildman–Crippen MR) is 98.8 cm³/mol. The van der Waals surface area contributed by atoms with E-state index in [4.69, 9.17) is 0 Å². The van der Waals surface area contributed by atoms with Gasteiger partial charge in [-0.15, -0.1) is 0 Å². The zero-order valence-corrected chi connectivity index (χ0v) is 14.7. The van der Waals surface area contributed by atoms with Gasteiger partial charge in [-0.05, 0) is 30.5 Å². The Morgan fingerprint density at radius 1 is 1.08 bits per heavy atom. The molecule has 2 aromatic carbocycles. The fourth-order valence-corrected chi connectivity index (χ4v) is 3.32. The molecular weight excluding hydrogens is 331 g/mol. The molecule has 0 radical (unpaired) electrons. The number of hydrogen-bond donors (Lipinski definition) is 1. The lowest BCUT2D eigenvalue weighted by molar-refractivity contribution is -0.137. The van der Waals surface area contributed by atoms with Crippen molar-refractivity contribution in [2.45, 2.75) is 32.2 Å². The maximum absolute atomic E-state index is 13.7. The number of likely N-dealkylation sites (tertiary alicyclic amines) is 1. The fraction of sp³-hybridized carbons (Fsp3) is 0.333. The van der Waals surface area contributed by atoms with E-state index < -0.39 is 5.82 Å². The van der Waals surface area contributed by atoms with Gasteiger partial charge in [0.2, 0.25) is 11.8 Å². The highest BCUT2D eigenvalue weighted by Gasteiger charge is 2.29. The first-order valence-electron chi connectivity index (χ1n) is 9.00. The van der Waals surface area contributed by atoms with Crippen molar-refractivity contribution in [3.05, 3.63) is 66.0 Å². The van der Waals surface area contributed by atoms with Gasteiger partial charge in [-0.3, -0.25) is 9.59 Å². The molecule has 0 spiro atoms. The Morgan fingerprint density at radius 2 is 1.81 bits per heavy atom. The average Bonchev–Trinajstić information content (AvgIpc) is 2.81. The van der Waals surface area contributed by atoms with Crippen LogP contribution in [0.3, 0.4) is 0 Å². The molecule has 2 amide bonds. The Morgan fingerprint density at radius 3 is 2.58 bits per heavy atom. The smallest absolute Gasteiger partial charge is 0.226 e. The molecule has 1 aliphatic rings. The van der Waals surface area contributed by atoms with Crippen molar-refractivity contribution in [3.8, 4) is 0 Å². The number of para-hydroxylation sites is 1. The van der Waals surface area contributed by atoms with Crippen molar-refractivity contribution in [2.75, 3.05) is 11.9 Å². The van der Waals surface area contributed by atoms with Gasteiger partial charge in [0.25, 0.3) is 0 Å². The lowest BCUT2D eigenvalue weighted by Crippen LogP contribution is -2.36. The third-order valence-corrected chi connectivity index (χ3v) is 4.69. The molecule has 136 valence electrons. The normalized spacial score (nSPS) is 17.7. The second kappa shape index (κ2) is 8.61. The number of rotatable bonds is 5. The first kappa shape index (κ1) is 18.1. The summed E-state index contributed by atoms with van der Waals surface area (Å²) in [5.41, 5.74) is 1.23. The standard InChI is InChI=1S/C21H23FN2O2/c22-18-11-4-5-12-19(18)23-20(25)14-17-10-6-7-13-24(21(17)26)15-16-8-2-1-3-9-16/h1-5,8-9,11-12,17H,6-7,10,13-15H2,(H,23,25). The van der Waals surface area contributed by atoms with Crippen LogP contribution in [-0.4, -0.2) is 23.3 Å². The number of nitrogens with one attached hydrogen (secondary N) is 1. The highest BCUT2D eigenvalue weighted by Crippen LogP contribution is 2.23. The van der Waals surface area contributed by atoms with Crippen molar-refractivity contribution in [1.29, 1.82) is 0 Å². The van der Waals surface area contributed by atoms with E-state index in [0.29, 0.717) is 19.5 Å². The van der Waals surface area contributed by atoms with Crippen LogP contribution in [0.2, 0.25) is 0 Å². The third-order valence-electron chi connectivity index (χ3n) is 4.69. The minimum Gasteiger partial charge on any atom is -0.338 e. The maximum atomic E-state index is 13.7. The first-order chi connectivity index (χ1) is 12.6. The summed E-state index contributed by atoms with van der Waals surface area (Å²) in [6, 6.07) is 15.9. The zero-order valence-electron chi connectivity index (χ0n) is 14.7. The molecule has 1 N–H and O–H groups in total. The van der Waals surface area contributed by atoms with E-state index >= 15 is 0 Å². The number of halogens is 1. The number of amides is 2.